The normalized spacial score (nSPS) is 26.3. The van der Waals surface area contributed by atoms with Gasteiger partial charge in [-0.1, -0.05) is 0 Å². The molecule has 0 aromatic heterocycles. The van der Waals surface area contributed by atoms with Gasteiger partial charge in [0.05, 0.1) is 7.11 Å². The van der Waals surface area contributed by atoms with Crippen LogP contribution in [0.5, 0.6) is 0 Å². The van der Waals surface area contributed by atoms with Crippen LogP contribution in [0.4, 0.5) is 0 Å². The van der Waals surface area contributed by atoms with Crippen LogP contribution in [0.3, 0.4) is 0 Å². The lowest BCUT2D eigenvalue weighted by Crippen LogP contribution is -2.58. The molecule has 0 aromatic carbocycles. The molecule has 0 saturated carbocycles. The number of hydrogen-bond acceptors (Lipinski definition) is 5. The van der Waals surface area contributed by atoms with Gasteiger partial charge in [0.15, 0.2) is 0 Å². The highest BCUT2D eigenvalue weighted by atomic mass is 16.5. The summed E-state index contributed by atoms with van der Waals surface area (Å²) < 4.78 is 4.76. The Balaban J connectivity index is 2.63. The number of carbonyl (C=O) groups excluding carboxylic acids is 1. The van der Waals surface area contributed by atoms with Gasteiger partial charge in [0.2, 0.25) is 0 Å². The third-order valence-electron chi connectivity index (χ3n) is 2.98. The monoisotopic (exact) mass is 215 g/mol. The number of rotatable bonds is 3. The molecule has 1 aliphatic rings. The van der Waals surface area contributed by atoms with Crippen molar-refractivity contribution in [2.45, 2.75) is 19.0 Å². The van der Waals surface area contributed by atoms with Gasteiger partial charge in [0.1, 0.15) is 6.04 Å². The Bertz CT molecular complexity index is 223. The maximum Gasteiger partial charge on any atom is 0.324 e. The minimum atomic E-state index is -0.293. The van der Waals surface area contributed by atoms with Crippen LogP contribution in [0, 0.1) is 0 Å². The number of likely N-dealkylation sites (N-methyl/N-ethyl adjacent to an activating group) is 1. The van der Waals surface area contributed by atoms with Crippen molar-refractivity contribution >= 4 is 5.97 Å². The minimum Gasteiger partial charge on any atom is -0.468 e. The summed E-state index contributed by atoms with van der Waals surface area (Å²) in [7, 11) is 3.50. The maximum atomic E-state index is 11.5. The van der Waals surface area contributed by atoms with Gasteiger partial charge in [-0.15, -0.1) is 0 Å². The smallest absolute Gasteiger partial charge is 0.324 e. The summed E-state index contributed by atoms with van der Waals surface area (Å²) in [4.78, 5) is 15.9. The molecule has 2 unspecified atom stereocenters. The third kappa shape index (κ3) is 2.90. The molecule has 1 aliphatic heterocycles. The molecular weight excluding hydrogens is 194 g/mol. The summed E-state index contributed by atoms with van der Waals surface area (Å²) in [6.45, 7) is 5.24. The SMILES string of the molecule is COC(=O)C(CN)N1CCN(C)CC1C. The van der Waals surface area contributed by atoms with E-state index in [2.05, 4.69) is 23.8 Å². The van der Waals surface area contributed by atoms with Crippen molar-refractivity contribution in [2.75, 3.05) is 40.3 Å². The molecule has 5 heteroatoms. The highest BCUT2D eigenvalue weighted by Gasteiger charge is 2.32. The fourth-order valence-electron chi connectivity index (χ4n) is 2.12. The number of carbonyl (C=O) groups is 1. The number of piperazine rings is 1. The number of nitrogens with two attached hydrogens (primary N) is 1. The molecule has 0 aliphatic carbocycles. The quantitative estimate of drug-likeness (QED) is 0.620. The summed E-state index contributed by atoms with van der Waals surface area (Å²) >= 11 is 0. The van der Waals surface area contributed by atoms with Crippen molar-refractivity contribution < 1.29 is 9.53 Å². The predicted octanol–water partition coefficient (Wildman–Crippen LogP) is -0.877. The molecule has 0 amide bonds. The molecule has 15 heavy (non-hydrogen) atoms. The summed E-state index contributed by atoms with van der Waals surface area (Å²) in [5.41, 5.74) is 5.62. The highest BCUT2D eigenvalue weighted by Crippen LogP contribution is 2.12. The average Bonchev–Trinajstić information content (AvgIpc) is 2.21. The van der Waals surface area contributed by atoms with E-state index in [4.69, 9.17) is 10.5 Å². The van der Waals surface area contributed by atoms with Crippen LogP contribution in [0.2, 0.25) is 0 Å². The van der Waals surface area contributed by atoms with Crippen molar-refractivity contribution in [2.24, 2.45) is 5.73 Å². The number of esters is 1. The Morgan fingerprint density at radius 1 is 1.60 bits per heavy atom. The van der Waals surface area contributed by atoms with Crippen LogP contribution in [-0.2, 0) is 9.53 Å². The van der Waals surface area contributed by atoms with Crippen molar-refractivity contribution in [1.29, 1.82) is 0 Å². The van der Waals surface area contributed by atoms with Crippen LogP contribution >= 0.6 is 0 Å². The molecule has 1 saturated heterocycles. The molecular formula is C10H21N3O2. The number of nitrogens with zero attached hydrogens (tertiary/aromatic N) is 2. The molecule has 2 atom stereocenters. The van der Waals surface area contributed by atoms with Crippen molar-refractivity contribution in [3.8, 4) is 0 Å². The summed E-state index contributed by atoms with van der Waals surface area (Å²) in [5, 5.41) is 0. The second kappa shape index (κ2) is 5.44. The minimum absolute atomic E-state index is 0.228. The highest BCUT2D eigenvalue weighted by molar-refractivity contribution is 5.76. The molecule has 0 bridgehead atoms. The fraction of sp³-hybridized carbons (Fsp3) is 0.900. The van der Waals surface area contributed by atoms with Crippen LogP contribution in [0.1, 0.15) is 6.92 Å². The van der Waals surface area contributed by atoms with Crippen molar-refractivity contribution in [3.05, 3.63) is 0 Å². The lowest BCUT2D eigenvalue weighted by Gasteiger charge is -2.41. The van der Waals surface area contributed by atoms with Crippen molar-refractivity contribution in [1.82, 2.24) is 9.80 Å². The Morgan fingerprint density at radius 2 is 2.27 bits per heavy atom. The topological polar surface area (TPSA) is 58.8 Å². The van der Waals surface area contributed by atoms with Gasteiger partial charge < -0.3 is 15.4 Å². The molecule has 0 radical (unpaired) electrons. The van der Waals surface area contributed by atoms with Crippen LogP contribution in [-0.4, -0.2) is 68.2 Å². The van der Waals surface area contributed by atoms with Gasteiger partial charge in [-0.3, -0.25) is 9.69 Å². The van der Waals surface area contributed by atoms with E-state index in [1.54, 1.807) is 0 Å². The van der Waals surface area contributed by atoms with E-state index in [0.717, 1.165) is 19.6 Å². The maximum absolute atomic E-state index is 11.5. The first-order valence-corrected chi connectivity index (χ1v) is 5.32. The zero-order valence-corrected chi connectivity index (χ0v) is 9.77. The molecule has 88 valence electrons. The Kier molecular flexibility index (Phi) is 4.50. The standard InChI is InChI=1S/C10H21N3O2/c1-8-7-12(2)4-5-13(8)9(6-11)10(14)15-3/h8-9H,4-7,11H2,1-3H3. The fourth-order valence-corrected chi connectivity index (χ4v) is 2.12. The van der Waals surface area contributed by atoms with Crippen LogP contribution in [0.15, 0.2) is 0 Å². The van der Waals surface area contributed by atoms with E-state index in [1.807, 2.05) is 0 Å². The molecule has 1 fully saturated rings. The predicted molar refractivity (Wildman–Crippen MR) is 58.5 cm³/mol. The van der Waals surface area contributed by atoms with E-state index in [9.17, 15) is 4.79 Å². The molecule has 2 N–H and O–H groups in total. The number of methoxy groups -OCH3 is 1. The van der Waals surface area contributed by atoms with E-state index in [1.165, 1.54) is 7.11 Å². The first-order valence-electron chi connectivity index (χ1n) is 5.32. The molecule has 1 rings (SSSR count). The van der Waals surface area contributed by atoms with Gasteiger partial charge >= 0.3 is 5.97 Å². The largest absolute Gasteiger partial charge is 0.468 e. The lowest BCUT2D eigenvalue weighted by atomic mass is 10.1. The van der Waals surface area contributed by atoms with Gasteiger partial charge in [-0.2, -0.15) is 0 Å². The second-order valence-electron chi connectivity index (χ2n) is 4.12. The summed E-state index contributed by atoms with van der Waals surface area (Å²) in [6.07, 6.45) is 0. The number of ether oxygens (including phenoxy) is 1. The first kappa shape index (κ1) is 12.4. The van der Waals surface area contributed by atoms with E-state index in [0.29, 0.717) is 12.6 Å². The van der Waals surface area contributed by atoms with Crippen molar-refractivity contribution in [3.63, 3.8) is 0 Å². The first-order chi connectivity index (χ1) is 7.10. The van der Waals surface area contributed by atoms with Gasteiger partial charge in [-0.05, 0) is 14.0 Å². The summed E-state index contributed by atoms with van der Waals surface area (Å²) in [6, 6.07) is 0.0510. The van der Waals surface area contributed by atoms with Gasteiger partial charge in [0, 0.05) is 32.2 Å². The Labute approximate surface area is 91.2 Å². The van der Waals surface area contributed by atoms with E-state index >= 15 is 0 Å². The molecule has 1 heterocycles. The molecule has 0 spiro atoms. The molecule has 5 nitrogen and oxygen atoms in total. The van der Waals surface area contributed by atoms with Crippen LogP contribution < -0.4 is 5.73 Å². The average molecular weight is 215 g/mol. The third-order valence-corrected chi connectivity index (χ3v) is 2.98. The van der Waals surface area contributed by atoms with Gasteiger partial charge in [0.25, 0.3) is 0 Å². The van der Waals surface area contributed by atoms with E-state index < -0.39 is 0 Å². The zero-order chi connectivity index (χ0) is 11.4. The Morgan fingerprint density at radius 3 is 2.73 bits per heavy atom. The van der Waals surface area contributed by atoms with E-state index in [-0.39, 0.29) is 12.0 Å². The Hall–Kier alpha value is -0.650. The zero-order valence-electron chi connectivity index (χ0n) is 9.77. The van der Waals surface area contributed by atoms with Gasteiger partial charge in [-0.25, -0.2) is 0 Å². The second-order valence-corrected chi connectivity index (χ2v) is 4.12. The summed E-state index contributed by atoms with van der Waals surface area (Å²) in [5.74, 6) is -0.228. The van der Waals surface area contributed by atoms with Crippen LogP contribution in [0.25, 0.3) is 0 Å². The number of hydrogen-bond donors (Lipinski definition) is 1. The lowest BCUT2D eigenvalue weighted by molar-refractivity contribution is -0.148. The molecule has 0 aromatic rings.